The molecule has 1 saturated heterocycles. The molecule has 5 nitrogen and oxygen atoms in total. The van der Waals surface area contributed by atoms with Crippen LogP contribution in [0.5, 0.6) is 0 Å². The second-order valence-corrected chi connectivity index (χ2v) is 5.75. The van der Waals surface area contributed by atoms with Crippen LogP contribution in [0.2, 0.25) is 0 Å². The lowest BCUT2D eigenvalue weighted by Crippen LogP contribution is -2.37. The predicted octanol–water partition coefficient (Wildman–Crippen LogP) is 3.24. The maximum atomic E-state index is 5.80. The highest BCUT2D eigenvalue weighted by molar-refractivity contribution is 5.58. The molecule has 1 unspecified atom stereocenters. The van der Waals surface area contributed by atoms with Gasteiger partial charge in [0.1, 0.15) is 11.9 Å². The number of nitrogens with zero attached hydrogens (tertiary/aromatic N) is 2. The molecular formula is C18H19N3O2. The summed E-state index contributed by atoms with van der Waals surface area (Å²) in [7, 11) is 0. The molecule has 1 fully saturated rings. The molecule has 5 heteroatoms. The van der Waals surface area contributed by atoms with E-state index in [-0.39, 0.29) is 6.10 Å². The van der Waals surface area contributed by atoms with E-state index in [1.165, 1.54) is 0 Å². The molecule has 2 aromatic heterocycles. The molecule has 3 aromatic rings. The van der Waals surface area contributed by atoms with Crippen LogP contribution in [-0.4, -0.2) is 34.8 Å². The van der Waals surface area contributed by atoms with Crippen molar-refractivity contribution in [2.45, 2.75) is 12.6 Å². The van der Waals surface area contributed by atoms with Gasteiger partial charge in [0, 0.05) is 30.9 Å². The Kier molecular flexibility index (Phi) is 3.96. The average Bonchev–Trinajstić information content (AvgIpc) is 3.28. The summed E-state index contributed by atoms with van der Waals surface area (Å²) in [5, 5.41) is 7.56. The van der Waals surface area contributed by atoms with E-state index in [0.717, 1.165) is 42.3 Å². The van der Waals surface area contributed by atoms with Gasteiger partial charge in [0.2, 0.25) is 0 Å². The summed E-state index contributed by atoms with van der Waals surface area (Å²) in [6, 6.07) is 16.2. The largest absolute Gasteiger partial charge is 0.467 e. The second kappa shape index (κ2) is 6.40. The number of nitrogens with one attached hydrogen (secondary N) is 1. The van der Waals surface area contributed by atoms with Crippen molar-refractivity contribution in [1.82, 2.24) is 15.1 Å². The Morgan fingerprint density at radius 1 is 1.17 bits per heavy atom. The number of rotatable bonds is 4. The number of H-pyrrole nitrogens is 1. The van der Waals surface area contributed by atoms with Gasteiger partial charge in [0.25, 0.3) is 0 Å². The highest BCUT2D eigenvalue weighted by Gasteiger charge is 2.24. The van der Waals surface area contributed by atoms with Crippen LogP contribution in [0.3, 0.4) is 0 Å². The van der Waals surface area contributed by atoms with E-state index in [2.05, 4.69) is 33.3 Å². The zero-order valence-electron chi connectivity index (χ0n) is 12.8. The molecule has 0 bridgehead atoms. The molecule has 3 heterocycles. The highest BCUT2D eigenvalue weighted by Crippen LogP contribution is 2.24. The molecule has 0 amide bonds. The van der Waals surface area contributed by atoms with Gasteiger partial charge in [-0.05, 0) is 18.2 Å². The molecule has 118 valence electrons. The summed E-state index contributed by atoms with van der Waals surface area (Å²) >= 11 is 0. The number of hydrogen-bond acceptors (Lipinski definition) is 4. The maximum Gasteiger partial charge on any atom is 0.133 e. The van der Waals surface area contributed by atoms with Crippen LogP contribution in [0.25, 0.3) is 11.3 Å². The molecule has 1 aliphatic heterocycles. The zero-order chi connectivity index (χ0) is 15.5. The smallest absolute Gasteiger partial charge is 0.133 e. The van der Waals surface area contributed by atoms with E-state index in [1.54, 1.807) is 6.26 Å². The van der Waals surface area contributed by atoms with Gasteiger partial charge >= 0.3 is 0 Å². The molecule has 0 saturated carbocycles. The summed E-state index contributed by atoms with van der Waals surface area (Å²) in [5.74, 6) is 0.893. The van der Waals surface area contributed by atoms with Gasteiger partial charge in [-0.15, -0.1) is 0 Å². The number of aromatic amines is 1. The fourth-order valence-corrected chi connectivity index (χ4v) is 2.93. The lowest BCUT2D eigenvalue weighted by Gasteiger charge is -2.31. The Balaban J connectivity index is 1.43. The van der Waals surface area contributed by atoms with E-state index < -0.39 is 0 Å². The Bertz CT molecular complexity index is 737. The Hall–Kier alpha value is -2.37. The second-order valence-electron chi connectivity index (χ2n) is 5.75. The Morgan fingerprint density at radius 3 is 2.91 bits per heavy atom. The zero-order valence-corrected chi connectivity index (χ0v) is 12.8. The molecule has 1 aromatic carbocycles. The van der Waals surface area contributed by atoms with Gasteiger partial charge in [-0.2, -0.15) is 5.10 Å². The fourth-order valence-electron chi connectivity index (χ4n) is 2.93. The standard InChI is InChI=1S/C18H19N3O2/c1-2-5-14(6-3-1)16-11-15(19-20-16)12-21-8-10-23-18(13-21)17-7-4-9-22-17/h1-7,9,11,18H,8,10,12-13H2,(H,19,20). The molecule has 4 rings (SSSR count). The topological polar surface area (TPSA) is 54.3 Å². The minimum atomic E-state index is 0.00950. The first-order valence-electron chi connectivity index (χ1n) is 7.85. The molecule has 23 heavy (non-hydrogen) atoms. The molecular weight excluding hydrogens is 290 g/mol. The number of furan rings is 1. The van der Waals surface area contributed by atoms with Crippen molar-refractivity contribution < 1.29 is 9.15 Å². The van der Waals surface area contributed by atoms with Crippen LogP contribution in [-0.2, 0) is 11.3 Å². The van der Waals surface area contributed by atoms with Crippen molar-refractivity contribution in [3.8, 4) is 11.3 Å². The van der Waals surface area contributed by atoms with Crippen molar-refractivity contribution in [3.05, 3.63) is 66.2 Å². The molecule has 1 atom stereocenters. The highest BCUT2D eigenvalue weighted by atomic mass is 16.5. The summed E-state index contributed by atoms with van der Waals surface area (Å²) in [6.07, 6.45) is 1.70. The quantitative estimate of drug-likeness (QED) is 0.804. The third-order valence-corrected chi connectivity index (χ3v) is 4.11. The summed E-state index contributed by atoms with van der Waals surface area (Å²) in [5.41, 5.74) is 3.23. The lowest BCUT2D eigenvalue weighted by atomic mass is 10.1. The number of aromatic nitrogens is 2. The normalized spacial score (nSPS) is 19.0. The lowest BCUT2D eigenvalue weighted by molar-refractivity contribution is -0.0431. The van der Waals surface area contributed by atoms with Gasteiger partial charge in [-0.3, -0.25) is 10.00 Å². The number of morpholine rings is 1. The summed E-state index contributed by atoms with van der Waals surface area (Å²) < 4.78 is 11.3. The average molecular weight is 309 g/mol. The first-order chi connectivity index (χ1) is 11.4. The molecule has 1 aliphatic rings. The van der Waals surface area contributed by atoms with Crippen molar-refractivity contribution in [1.29, 1.82) is 0 Å². The van der Waals surface area contributed by atoms with Gasteiger partial charge in [-0.25, -0.2) is 0 Å². The summed E-state index contributed by atoms with van der Waals surface area (Å²) in [6.45, 7) is 3.29. The molecule has 1 N–H and O–H groups in total. The third kappa shape index (κ3) is 3.21. The minimum absolute atomic E-state index is 0.00950. The van der Waals surface area contributed by atoms with Gasteiger partial charge < -0.3 is 9.15 Å². The van der Waals surface area contributed by atoms with E-state index in [9.17, 15) is 0 Å². The van der Waals surface area contributed by atoms with Crippen LogP contribution < -0.4 is 0 Å². The third-order valence-electron chi connectivity index (χ3n) is 4.11. The first-order valence-corrected chi connectivity index (χ1v) is 7.85. The first kappa shape index (κ1) is 14.2. The van der Waals surface area contributed by atoms with Crippen LogP contribution >= 0.6 is 0 Å². The molecule has 0 radical (unpaired) electrons. The van der Waals surface area contributed by atoms with E-state index >= 15 is 0 Å². The SMILES string of the molecule is c1ccc(-c2cc(CN3CCOC(c4ccco4)C3)[nH]n2)cc1. The summed E-state index contributed by atoms with van der Waals surface area (Å²) in [4.78, 5) is 2.36. The van der Waals surface area contributed by atoms with Crippen molar-refractivity contribution in [2.24, 2.45) is 0 Å². The van der Waals surface area contributed by atoms with Crippen molar-refractivity contribution >= 4 is 0 Å². The molecule has 0 spiro atoms. The van der Waals surface area contributed by atoms with Crippen LogP contribution in [0.15, 0.2) is 59.2 Å². The Labute approximate surface area is 134 Å². The minimum Gasteiger partial charge on any atom is -0.467 e. The van der Waals surface area contributed by atoms with Crippen molar-refractivity contribution in [3.63, 3.8) is 0 Å². The molecule has 0 aliphatic carbocycles. The van der Waals surface area contributed by atoms with Gasteiger partial charge in [0.15, 0.2) is 0 Å². The fraction of sp³-hybridized carbons (Fsp3) is 0.278. The predicted molar refractivity (Wildman–Crippen MR) is 86.7 cm³/mol. The monoisotopic (exact) mass is 309 g/mol. The van der Waals surface area contributed by atoms with Crippen LogP contribution in [0.1, 0.15) is 17.6 Å². The van der Waals surface area contributed by atoms with Crippen LogP contribution in [0, 0.1) is 0 Å². The van der Waals surface area contributed by atoms with E-state index in [4.69, 9.17) is 9.15 Å². The van der Waals surface area contributed by atoms with Gasteiger partial charge in [-0.1, -0.05) is 30.3 Å². The number of ether oxygens (including phenoxy) is 1. The Morgan fingerprint density at radius 2 is 2.09 bits per heavy atom. The van der Waals surface area contributed by atoms with E-state index in [1.807, 2.05) is 30.3 Å². The maximum absolute atomic E-state index is 5.80. The van der Waals surface area contributed by atoms with E-state index in [0.29, 0.717) is 6.61 Å². The van der Waals surface area contributed by atoms with Crippen LogP contribution in [0.4, 0.5) is 0 Å². The van der Waals surface area contributed by atoms with Gasteiger partial charge in [0.05, 0.1) is 18.6 Å². The number of benzene rings is 1. The number of hydrogen-bond donors (Lipinski definition) is 1. The van der Waals surface area contributed by atoms with Crippen molar-refractivity contribution in [2.75, 3.05) is 19.7 Å².